The van der Waals surface area contributed by atoms with Gasteiger partial charge in [0, 0.05) is 6.54 Å². The number of rotatable bonds is 2. The van der Waals surface area contributed by atoms with Crippen molar-refractivity contribution in [2.24, 2.45) is 0 Å². The lowest BCUT2D eigenvalue weighted by molar-refractivity contribution is -0.129. The first-order valence-corrected chi connectivity index (χ1v) is 5.30. The van der Waals surface area contributed by atoms with E-state index in [0.717, 1.165) is 25.9 Å². The van der Waals surface area contributed by atoms with Crippen molar-refractivity contribution in [3.63, 3.8) is 0 Å². The van der Waals surface area contributed by atoms with Crippen molar-refractivity contribution in [2.45, 2.75) is 25.8 Å². The predicted molar refractivity (Wildman–Crippen MR) is 57.1 cm³/mol. The van der Waals surface area contributed by atoms with Crippen LogP contribution in [0.2, 0.25) is 0 Å². The summed E-state index contributed by atoms with van der Waals surface area (Å²) in [6.45, 7) is 3.85. The van der Waals surface area contributed by atoms with Crippen LogP contribution in [0.5, 0.6) is 0 Å². The molecule has 70 valence electrons. The molecule has 0 bridgehead atoms. The molecule has 0 radical (unpaired) electrons. The zero-order valence-corrected chi connectivity index (χ0v) is 9.74. The predicted octanol–water partition coefficient (Wildman–Crippen LogP) is 1.28. The molecule has 0 spiro atoms. The van der Waals surface area contributed by atoms with Gasteiger partial charge in [-0.25, -0.2) is 0 Å². The fourth-order valence-corrected chi connectivity index (χ4v) is 1.86. The maximum absolute atomic E-state index is 11.7. The van der Waals surface area contributed by atoms with E-state index in [1.165, 1.54) is 0 Å². The largest absolute Gasteiger partial charge is 0.295 e. The van der Waals surface area contributed by atoms with Crippen molar-refractivity contribution >= 4 is 28.8 Å². The normalized spacial score (nSPS) is 24.4. The summed E-state index contributed by atoms with van der Waals surface area (Å²) in [5, 5.41) is 0. The van der Waals surface area contributed by atoms with Gasteiger partial charge >= 0.3 is 0 Å². The van der Waals surface area contributed by atoms with E-state index in [1.807, 2.05) is 14.0 Å². The van der Waals surface area contributed by atoms with Crippen LogP contribution in [0.25, 0.3) is 0 Å². The van der Waals surface area contributed by atoms with Crippen LogP contribution < -0.4 is 0 Å². The van der Waals surface area contributed by atoms with E-state index in [9.17, 15) is 4.79 Å². The maximum Gasteiger partial charge on any atom is 0.248 e. The van der Waals surface area contributed by atoms with Crippen LogP contribution in [-0.2, 0) is 4.79 Å². The Balaban J connectivity index is 2.51. The van der Waals surface area contributed by atoms with Gasteiger partial charge in [-0.3, -0.25) is 12.8 Å². The Morgan fingerprint density at radius 3 is 2.83 bits per heavy atom. The number of amides is 1. The minimum atomic E-state index is 0.141. The third-order valence-corrected chi connectivity index (χ3v) is 3.48. The van der Waals surface area contributed by atoms with E-state index in [1.54, 1.807) is 3.11 Å². The fourth-order valence-electron chi connectivity index (χ4n) is 1.54. The molecule has 0 N–H and O–H groups in total. The molecule has 1 unspecified atom stereocenters. The highest BCUT2D eigenvalue weighted by Gasteiger charge is 2.29. The maximum atomic E-state index is 11.7. The van der Waals surface area contributed by atoms with Gasteiger partial charge in [-0.05, 0) is 33.4 Å². The van der Waals surface area contributed by atoms with Crippen LogP contribution in [0.4, 0.5) is 0 Å². The Morgan fingerprint density at radius 2 is 2.42 bits per heavy atom. The van der Waals surface area contributed by atoms with Crippen molar-refractivity contribution in [3.05, 3.63) is 0 Å². The van der Waals surface area contributed by atoms with Crippen molar-refractivity contribution < 1.29 is 4.79 Å². The lowest BCUT2D eigenvalue weighted by Gasteiger charge is -2.22. The highest BCUT2D eigenvalue weighted by atomic mass is 127. The molecule has 0 aromatic carbocycles. The molecule has 0 aromatic heterocycles. The third-order valence-electron chi connectivity index (χ3n) is 2.32. The van der Waals surface area contributed by atoms with Gasteiger partial charge in [0.1, 0.15) is 0 Å². The van der Waals surface area contributed by atoms with E-state index in [2.05, 4.69) is 27.8 Å². The lowest BCUT2D eigenvalue weighted by Crippen LogP contribution is -2.39. The van der Waals surface area contributed by atoms with Crippen molar-refractivity contribution in [1.82, 2.24) is 8.01 Å². The Bertz CT molecular complexity index is 174. The Hall–Kier alpha value is 0.160. The Labute approximate surface area is 87.6 Å². The van der Waals surface area contributed by atoms with Crippen LogP contribution in [0.1, 0.15) is 19.8 Å². The smallest absolute Gasteiger partial charge is 0.248 e. The quantitative estimate of drug-likeness (QED) is 0.562. The van der Waals surface area contributed by atoms with Crippen LogP contribution in [0.3, 0.4) is 0 Å². The summed E-state index contributed by atoms with van der Waals surface area (Å²) < 4.78 is 1.77. The molecule has 3 nitrogen and oxygen atoms in total. The molecule has 0 aliphatic carbocycles. The van der Waals surface area contributed by atoms with Crippen LogP contribution in [0, 0.1) is 0 Å². The number of likely N-dealkylation sites (tertiary alicyclic amines) is 1. The third kappa shape index (κ3) is 2.10. The van der Waals surface area contributed by atoms with Crippen LogP contribution in [0.15, 0.2) is 0 Å². The number of carbonyl (C=O) groups excluding carboxylic acids is 1. The van der Waals surface area contributed by atoms with Gasteiger partial charge in [0.15, 0.2) is 0 Å². The Morgan fingerprint density at radius 1 is 1.75 bits per heavy atom. The fraction of sp³-hybridized carbons (Fsp3) is 0.875. The summed E-state index contributed by atoms with van der Waals surface area (Å²) in [6.07, 6.45) is 2.18. The number of nitrogens with zero attached hydrogens (tertiary/aromatic N) is 2. The highest BCUT2D eigenvalue weighted by Crippen LogP contribution is 2.18. The summed E-state index contributed by atoms with van der Waals surface area (Å²) in [4.78, 5) is 13.8. The van der Waals surface area contributed by atoms with Gasteiger partial charge in [0.25, 0.3) is 0 Å². The van der Waals surface area contributed by atoms with Crippen LogP contribution in [-0.4, -0.2) is 40.1 Å². The molecule has 1 fully saturated rings. The second-order valence-corrected chi connectivity index (χ2v) is 4.32. The average Bonchev–Trinajstić information content (AvgIpc) is 2.48. The molecular weight excluding hydrogens is 267 g/mol. The standard InChI is InChI=1S/C8H15IN2O/c1-3-11(9)8(12)7-5-4-6-10(7)2/h7H,3-6H2,1-2H3. The monoisotopic (exact) mass is 282 g/mol. The summed E-state index contributed by atoms with van der Waals surface area (Å²) in [5.41, 5.74) is 0. The summed E-state index contributed by atoms with van der Waals surface area (Å²) in [5.74, 6) is 0.262. The van der Waals surface area contributed by atoms with E-state index >= 15 is 0 Å². The lowest BCUT2D eigenvalue weighted by atomic mass is 10.2. The molecule has 1 saturated heterocycles. The minimum Gasteiger partial charge on any atom is -0.295 e. The first-order chi connectivity index (χ1) is 5.66. The zero-order valence-electron chi connectivity index (χ0n) is 7.59. The molecule has 1 rings (SSSR count). The number of hydrogen-bond donors (Lipinski definition) is 0. The molecule has 0 saturated carbocycles. The average molecular weight is 282 g/mol. The zero-order chi connectivity index (χ0) is 9.14. The molecule has 0 aromatic rings. The van der Waals surface area contributed by atoms with E-state index in [-0.39, 0.29) is 11.9 Å². The van der Waals surface area contributed by atoms with Gasteiger partial charge in [-0.1, -0.05) is 0 Å². The first-order valence-electron chi connectivity index (χ1n) is 4.34. The SMILES string of the molecule is CCN(I)C(=O)C1CCCN1C. The molecule has 4 heteroatoms. The second-order valence-electron chi connectivity index (χ2n) is 3.16. The van der Waals surface area contributed by atoms with Crippen LogP contribution >= 0.6 is 22.9 Å². The van der Waals surface area contributed by atoms with E-state index < -0.39 is 0 Å². The van der Waals surface area contributed by atoms with Crippen molar-refractivity contribution in [2.75, 3.05) is 20.1 Å². The number of carbonyl (C=O) groups is 1. The van der Waals surface area contributed by atoms with E-state index in [4.69, 9.17) is 0 Å². The Kier molecular flexibility index (Phi) is 3.77. The summed E-state index contributed by atoms with van der Waals surface area (Å²) >= 11 is 2.09. The first kappa shape index (κ1) is 10.2. The molecule has 1 heterocycles. The molecule has 12 heavy (non-hydrogen) atoms. The molecular formula is C8H15IN2O. The van der Waals surface area contributed by atoms with Gasteiger partial charge in [-0.15, -0.1) is 0 Å². The molecule has 1 atom stereocenters. The van der Waals surface area contributed by atoms with Gasteiger partial charge < -0.3 is 0 Å². The van der Waals surface area contributed by atoms with Gasteiger partial charge in [0.2, 0.25) is 5.91 Å². The topological polar surface area (TPSA) is 23.6 Å². The number of halogens is 1. The van der Waals surface area contributed by atoms with Crippen molar-refractivity contribution in [1.29, 1.82) is 0 Å². The molecule has 1 aliphatic heterocycles. The second kappa shape index (κ2) is 4.41. The molecule has 1 aliphatic rings. The summed E-state index contributed by atoms with van der Waals surface area (Å²) in [6, 6.07) is 0.141. The van der Waals surface area contributed by atoms with Gasteiger partial charge in [0.05, 0.1) is 28.9 Å². The van der Waals surface area contributed by atoms with Crippen molar-refractivity contribution in [3.8, 4) is 0 Å². The number of likely N-dealkylation sites (N-methyl/N-ethyl adjacent to an activating group) is 2. The highest BCUT2D eigenvalue weighted by molar-refractivity contribution is 14.1. The minimum absolute atomic E-state index is 0.141. The number of hydrogen-bond acceptors (Lipinski definition) is 2. The van der Waals surface area contributed by atoms with Gasteiger partial charge in [-0.2, -0.15) is 0 Å². The summed E-state index contributed by atoms with van der Waals surface area (Å²) in [7, 11) is 2.02. The molecule has 1 amide bonds. The van der Waals surface area contributed by atoms with E-state index in [0.29, 0.717) is 0 Å².